The number of aromatic hydroxyl groups is 1. The van der Waals surface area contributed by atoms with Crippen LogP contribution in [0.2, 0.25) is 0 Å². The fourth-order valence-corrected chi connectivity index (χ4v) is 13.3. The van der Waals surface area contributed by atoms with E-state index >= 15 is 9.59 Å². The van der Waals surface area contributed by atoms with Gasteiger partial charge in [0.15, 0.2) is 11.5 Å². The molecule has 0 unspecified atom stereocenters. The Morgan fingerprint density at radius 1 is 0.696 bits per heavy atom. The van der Waals surface area contributed by atoms with Gasteiger partial charge in [-0.2, -0.15) is 0 Å². The van der Waals surface area contributed by atoms with Crippen LogP contribution >= 0.6 is 23.7 Å². The van der Waals surface area contributed by atoms with Crippen molar-refractivity contribution >= 4 is 71.0 Å². The molecule has 3 aliphatic heterocycles. The van der Waals surface area contributed by atoms with Crippen LogP contribution in [-0.4, -0.2) is 241 Å². The SMILES string of the molecule is COCCCCCCCOc1ccc(-c2nnc(-c3ccc(C(=O)N[C@H]4C[C@H](O)CNC(=O)[C@@H]5[C@@H](O)[C@H](C)CN5C(=O)[C@H]([C@H](O)CCNCCCCCCCCC(=O)OC)NC(=O)[C@H]([C@H](O)Cc5ccc(O)c(OSOOO)c5)NC(=O)[C@@H]5C[C@H](O)CN5C(=O)[C@H]([C@H](C)O)NC4=O)cc3)s2)cc1. The third-order valence-corrected chi connectivity index (χ3v) is 19.3. The van der Waals surface area contributed by atoms with Crippen LogP contribution in [0.4, 0.5) is 0 Å². The summed E-state index contributed by atoms with van der Waals surface area (Å²) in [6.07, 6.45) is -1.77. The summed E-state index contributed by atoms with van der Waals surface area (Å²) in [6, 6.07) is 6.02. The van der Waals surface area contributed by atoms with Crippen molar-refractivity contribution in [3.63, 3.8) is 0 Å². The van der Waals surface area contributed by atoms with Crippen LogP contribution in [0.5, 0.6) is 17.2 Å². The summed E-state index contributed by atoms with van der Waals surface area (Å²) in [6.45, 7) is 3.01. The Kier molecular flexibility index (Phi) is 33.2. The number of unbranched alkanes of at least 4 members (excludes halogenated alkanes) is 9. The van der Waals surface area contributed by atoms with Crippen LogP contribution in [-0.2, 0) is 58.8 Å². The third-order valence-electron chi connectivity index (χ3n) is 17.9. The molecule has 34 heteroatoms. The molecule has 0 saturated carbocycles. The highest BCUT2D eigenvalue weighted by molar-refractivity contribution is 7.90. The number of aliphatic hydroxyl groups excluding tert-OH is 6. The second kappa shape index (κ2) is 41.5. The molecule has 3 saturated heterocycles. The van der Waals surface area contributed by atoms with Gasteiger partial charge in [-0.05, 0) is 106 Å². The van der Waals surface area contributed by atoms with Crippen LogP contribution in [0.1, 0.15) is 126 Å². The van der Waals surface area contributed by atoms with Gasteiger partial charge in [0, 0.05) is 81.6 Å². The van der Waals surface area contributed by atoms with Crippen molar-refractivity contribution in [1.82, 2.24) is 51.9 Å². The molecule has 7 rings (SSSR count). The molecule has 13 atom stereocenters. The van der Waals surface area contributed by atoms with E-state index < -0.39 is 158 Å². The zero-order chi connectivity index (χ0) is 73.8. The molecule has 7 amide bonds. The molecule has 1 aromatic heterocycles. The average Bonchev–Trinajstić information content (AvgIpc) is 1.61. The van der Waals surface area contributed by atoms with Gasteiger partial charge < -0.3 is 95.8 Å². The minimum atomic E-state index is -2.12. The van der Waals surface area contributed by atoms with Crippen molar-refractivity contribution in [2.24, 2.45) is 5.92 Å². The molecule has 102 heavy (non-hydrogen) atoms. The number of fused-ring (bicyclic) bond motifs is 2. The number of esters is 1. The molecule has 4 heterocycles. The lowest BCUT2D eigenvalue weighted by molar-refractivity contribution is -0.433. The van der Waals surface area contributed by atoms with Gasteiger partial charge in [0.05, 0.1) is 50.3 Å². The lowest BCUT2D eigenvalue weighted by Gasteiger charge is -2.34. The molecule has 4 aromatic rings. The first-order valence-corrected chi connectivity index (χ1v) is 35.8. The smallest absolute Gasteiger partial charge is 0.305 e. The van der Waals surface area contributed by atoms with Gasteiger partial charge in [-0.3, -0.25) is 38.4 Å². The number of hydrogen-bond donors (Lipinski definition) is 14. The van der Waals surface area contributed by atoms with Gasteiger partial charge in [0.1, 0.15) is 52.0 Å². The van der Waals surface area contributed by atoms with Crippen molar-refractivity contribution < 1.29 is 107 Å². The minimum absolute atomic E-state index is 0.0186. The Bertz CT molecular complexity index is 3360. The van der Waals surface area contributed by atoms with E-state index in [-0.39, 0.29) is 54.7 Å². The zero-order valence-corrected chi connectivity index (χ0v) is 59.2. The topological polar surface area (TPSA) is 458 Å². The maximum atomic E-state index is 15.2. The van der Waals surface area contributed by atoms with Gasteiger partial charge in [-0.15, -0.1) is 10.2 Å². The number of benzene rings is 3. The van der Waals surface area contributed by atoms with Crippen LogP contribution in [0.25, 0.3) is 21.1 Å². The molecule has 3 aromatic carbocycles. The van der Waals surface area contributed by atoms with Crippen molar-refractivity contribution in [3.05, 3.63) is 77.9 Å². The highest BCUT2D eigenvalue weighted by Gasteiger charge is 2.50. The van der Waals surface area contributed by atoms with E-state index in [1.807, 2.05) is 24.3 Å². The number of phenols is 1. The van der Waals surface area contributed by atoms with Gasteiger partial charge in [-0.25, -0.2) is 5.26 Å². The number of carbonyl (C=O) groups excluding carboxylic acids is 8. The molecular formula is C68H96N10O22S2. The number of β-amino-alcohol motifs (C(OH)–C–C–N with tert-alkyl or cyclic N) is 1. The first kappa shape index (κ1) is 81.6. The van der Waals surface area contributed by atoms with Crippen molar-refractivity contribution in [2.75, 3.05) is 60.2 Å². The zero-order valence-electron chi connectivity index (χ0n) is 57.5. The molecule has 14 N–H and O–H groups in total. The van der Waals surface area contributed by atoms with E-state index in [1.165, 1.54) is 49.6 Å². The first-order valence-electron chi connectivity index (χ1n) is 34.3. The Morgan fingerprint density at radius 3 is 1.99 bits per heavy atom. The normalized spacial score (nSPS) is 23.4. The average molecular weight is 1470 g/mol. The number of ether oxygens (including phenoxy) is 3. The number of nitrogens with one attached hydrogen (secondary N) is 6. The van der Waals surface area contributed by atoms with Crippen LogP contribution in [0.15, 0.2) is 66.7 Å². The Hall–Kier alpha value is -7.71. The van der Waals surface area contributed by atoms with Crippen molar-refractivity contribution in [3.8, 4) is 38.4 Å². The number of carbonyl (C=O) groups is 8. The molecule has 0 spiro atoms. The van der Waals surface area contributed by atoms with E-state index in [9.17, 15) is 64.5 Å². The predicted molar refractivity (Wildman–Crippen MR) is 369 cm³/mol. The number of phenolic OH excluding ortho intramolecular Hbond substituents is 1. The predicted octanol–water partition coefficient (Wildman–Crippen LogP) is 1.75. The fraction of sp³-hybridized carbons (Fsp3) is 0.588. The molecule has 0 aliphatic carbocycles. The maximum Gasteiger partial charge on any atom is 0.305 e. The van der Waals surface area contributed by atoms with E-state index in [2.05, 4.69) is 51.5 Å². The summed E-state index contributed by atoms with van der Waals surface area (Å²) in [5.74, 6) is -8.85. The quantitative estimate of drug-likeness (QED) is 0.0104. The minimum Gasteiger partial charge on any atom is -0.504 e. The molecule has 3 fully saturated rings. The standard InChI is InChI=1S/C68H96N10O22S2/c1-39-37-78-58(59(39)86)64(91)70-36-45(80)34-48(71-60(87)42-18-20-43(21-19-42)65-75-76-66(101-65)44-22-24-47(25-23-44)97-31-15-11-7-10-14-30-95-3)61(88)72-55(40(2)79)67(92)77-38-46(81)35-49(77)62(89)73-56(52(84)32-41-17-26-50(82)53(33-41)98-102-100-99-94)63(90)74-57(68(78)93)51(83)27-29-69-28-13-9-6-5-8-12-16-54(85)96-4/h17-26,33,39-40,45-46,48-49,51-52,55-59,69,79-84,86,94H,5-16,27-32,34-38H2,1-4H3,(H,70,91)(H,71,87)(H,72,88)(H,73,89)(H,74,90)/t39-,40+,45+,46+,48+,49+,51-,52-,55+,56+,57+,58+,59+/m1/s1. The largest absolute Gasteiger partial charge is 0.504 e. The van der Waals surface area contributed by atoms with Gasteiger partial charge in [0.25, 0.3) is 18.2 Å². The van der Waals surface area contributed by atoms with Gasteiger partial charge >= 0.3 is 5.97 Å². The van der Waals surface area contributed by atoms with E-state index in [0.717, 1.165) is 105 Å². The Labute approximate surface area is 599 Å². The summed E-state index contributed by atoms with van der Waals surface area (Å²) >= 11 is 1.38. The van der Waals surface area contributed by atoms with Crippen molar-refractivity contribution in [1.29, 1.82) is 0 Å². The second-order valence-electron chi connectivity index (χ2n) is 25.7. The summed E-state index contributed by atoms with van der Waals surface area (Å²) in [4.78, 5) is 116. The number of nitrogens with zero attached hydrogens (tertiary/aromatic N) is 4. The summed E-state index contributed by atoms with van der Waals surface area (Å²) < 4.78 is 25.2. The highest BCUT2D eigenvalue weighted by Crippen LogP contribution is 2.34. The molecule has 3 aliphatic rings. The Balaban J connectivity index is 1.14. The molecule has 0 bridgehead atoms. The number of aromatic nitrogens is 2. The number of rotatable bonds is 34. The molecule has 32 nitrogen and oxygen atoms in total. The fourth-order valence-electron chi connectivity index (χ4n) is 12.2. The summed E-state index contributed by atoms with van der Waals surface area (Å²) in [5.41, 5.74) is 1.54. The third kappa shape index (κ3) is 24.2. The van der Waals surface area contributed by atoms with E-state index in [4.69, 9.17) is 23.7 Å². The van der Waals surface area contributed by atoms with Crippen LogP contribution in [0, 0.1) is 5.92 Å². The van der Waals surface area contributed by atoms with Gasteiger partial charge in [-0.1, -0.05) is 90.8 Å². The first-order chi connectivity index (χ1) is 49.0. The van der Waals surface area contributed by atoms with E-state index in [0.29, 0.717) is 41.6 Å². The molecule has 562 valence electrons. The monoisotopic (exact) mass is 1470 g/mol. The molecular weight excluding hydrogens is 1370 g/mol. The lowest BCUT2D eigenvalue weighted by Crippen LogP contribution is -2.64. The van der Waals surface area contributed by atoms with Crippen LogP contribution < -0.4 is 40.8 Å². The number of methoxy groups -OCH3 is 2. The van der Waals surface area contributed by atoms with Crippen LogP contribution in [0.3, 0.4) is 0 Å². The maximum absolute atomic E-state index is 15.2. The van der Waals surface area contributed by atoms with Crippen molar-refractivity contribution in [2.45, 2.75) is 189 Å². The molecule has 0 radical (unpaired) electrons. The summed E-state index contributed by atoms with van der Waals surface area (Å²) in [5, 5.41) is 118. The number of hydrogen-bond acceptors (Lipinski definition) is 27. The number of aliphatic hydroxyl groups is 6. The number of amides is 7. The van der Waals surface area contributed by atoms with E-state index in [1.54, 1.807) is 19.2 Å². The highest BCUT2D eigenvalue weighted by atomic mass is 32.2. The van der Waals surface area contributed by atoms with Gasteiger partial charge in [0.2, 0.25) is 35.4 Å². The lowest BCUT2D eigenvalue weighted by atomic mass is 9.98. The Morgan fingerprint density at radius 2 is 1.32 bits per heavy atom. The summed E-state index contributed by atoms with van der Waals surface area (Å²) in [7, 11) is 3.03. The second-order valence-corrected chi connectivity index (χ2v) is 27.1.